The summed E-state index contributed by atoms with van der Waals surface area (Å²) in [5.41, 5.74) is 0. The Balaban J connectivity index is 2.52. The molecule has 0 radical (unpaired) electrons. The number of carboxylic acids is 1. The molecule has 0 aromatic heterocycles. The summed E-state index contributed by atoms with van der Waals surface area (Å²) >= 11 is 0. The van der Waals surface area contributed by atoms with E-state index >= 15 is 0 Å². The highest BCUT2D eigenvalue weighted by atomic mass is 16.5. The average Bonchev–Trinajstić information content (AvgIpc) is 2.40. The molecule has 116 valence electrons. The maximum atomic E-state index is 11.8. The molecular weight excluding hydrogens is 274 g/mol. The Morgan fingerprint density at radius 3 is 2.24 bits per heavy atom. The molecule has 0 amide bonds. The quantitative estimate of drug-likeness (QED) is 0.553. The number of ether oxygens (including phenoxy) is 2. The maximum Gasteiger partial charge on any atom is 0.325 e. The minimum Gasteiger partial charge on any atom is -0.494 e. The summed E-state index contributed by atoms with van der Waals surface area (Å²) in [6.07, 6.45) is 0.767. The van der Waals surface area contributed by atoms with Gasteiger partial charge in [-0.3, -0.25) is 14.5 Å². The van der Waals surface area contributed by atoms with Crippen LogP contribution in [0.15, 0.2) is 24.3 Å². The summed E-state index contributed by atoms with van der Waals surface area (Å²) in [6, 6.07) is 6.72. The predicted molar refractivity (Wildman–Crippen MR) is 77.6 cm³/mol. The lowest BCUT2D eigenvalue weighted by Gasteiger charge is -2.18. The van der Waals surface area contributed by atoms with Gasteiger partial charge in [0.2, 0.25) is 0 Å². The molecule has 0 heterocycles. The molecule has 0 saturated carbocycles. The fraction of sp³-hybridized carbons (Fsp3) is 0.467. The first-order chi connectivity index (χ1) is 10.0. The van der Waals surface area contributed by atoms with E-state index in [0.29, 0.717) is 24.7 Å². The van der Waals surface area contributed by atoms with E-state index in [2.05, 4.69) is 0 Å². The van der Waals surface area contributed by atoms with Gasteiger partial charge in [-0.1, -0.05) is 6.92 Å². The number of carboxylic acid groups (broad SMARTS) is 1. The van der Waals surface area contributed by atoms with Crippen LogP contribution in [0, 0.1) is 0 Å². The molecule has 1 aromatic carbocycles. The second-order valence-corrected chi connectivity index (χ2v) is 4.48. The van der Waals surface area contributed by atoms with Crippen molar-refractivity contribution in [3.8, 4) is 11.5 Å². The lowest BCUT2D eigenvalue weighted by Crippen LogP contribution is -2.36. The third-order valence-corrected chi connectivity index (χ3v) is 2.62. The van der Waals surface area contributed by atoms with Crippen LogP contribution in [0.2, 0.25) is 0 Å². The number of nitrogens with zero attached hydrogens (tertiary/aromatic N) is 1. The summed E-state index contributed by atoms with van der Waals surface area (Å²) in [7, 11) is 0. The Labute approximate surface area is 124 Å². The van der Waals surface area contributed by atoms with Crippen molar-refractivity contribution < 1.29 is 24.2 Å². The van der Waals surface area contributed by atoms with Crippen LogP contribution < -0.4 is 9.47 Å². The Kier molecular flexibility index (Phi) is 7.25. The summed E-state index contributed by atoms with van der Waals surface area (Å²) in [5.74, 6) is -0.322. The number of rotatable bonds is 9. The number of hydrogen-bond acceptors (Lipinski definition) is 5. The van der Waals surface area contributed by atoms with Crippen LogP contribution >= 0.6 is 0 Å². The molecular formula is C15H21NO5. The molecule has 6 heteroatoms. The van der Waals surface area contributed by atoms with Gasteiger partial charge in [0.1, 0.15) is 11.5 Å². The van der Waals surface area contributed by atoms with E-state index < -0.39 is 11.9 Å². The summed E-state index contributed by atoms with van der Waals surface area (Å²) in [4.78, 5) is 24.1. The Hall–Kier alpha value is -2.08. The zero-order chi connectivity index (χ0) is 15.7. The van der Waals surface area contributed by atoms with E-state index in [9.17, 15) is 9.59 Å². The van der Waals surface area contributed by atoms with Gasteiger partial charge < -0.3 is 14.6 Å². The van der Waals surface area contributed by atoms with Crippen LogP contribution in [0.4, 0.5) is 0 Å². The minimum atomic E-state index is -0.961. The van der Waals surface area contributed by atoms with E-state index in [-0.39, 0.29) is 13.1 Å². The number of esters is 1. The van der Waals surface area contributed by atoms with Gasteiger partial charge in [-0.05, 0) is 44.2 Å². The Bertz CT molecular complexity index is 458. The third-order valence-electron chi connectivity index (χ3n) is 2.62. The first-order valence-corrected chi connectivity index (χ1v) is 6.92. The van der Waals surface area contributed by atoms with Crippen molar-refractivity contribution in [2.75, 3.05) is 26.2 Å². The van der Waals surface area contributed by atoms with Crippen LogP contribution in [0.25, 0.3) is 0 Å². The van der Waals surface area contributed by atoms with Crippen molar-refractivity contribution in [2.24, 2.45) is 0 Å². The zero-order valence-electron chi connectivity index (χ0n) is 12.4. The van der Waals surface area contributed by atoms with Gasteiger partial charge in [-0.15, -0.1) is 0 Å². The Morgan fingerprint density at radius 1 is 1.10 bits per heavy atom. The predicted octanol–water partition coefficient (Wildman–Crippen LogP) is 1.79. The van der Waals surface area contributed by atoms with E-state index in [1.54, 1.807) is 29.2 Å². The van der Waals surface area contributed by atoms with Gasteiger partial charge in [-0.2, -0.15) is 0 Å². The number of carbonyl (C=O) groups is 2. The molecule has 0 saturated heterocycles. The van der Waals surface area contributed by atoms with Gasteiger partial charge in [-0.25, -0.2) is 0 Å². The lowest BCUT2D eigenvalue weighted by molar-refractivity contribution is -0.140. The molecule has 21 heavy (non-hydrogen) atoms. The lowest BCUT2D eigenvalue weighted by atomic mass is 10.3. The van der Waals surface area contributed by atoms with Gasteiger partial charge in [0.15, 0.2) is 0 Å². The maximum absolute atomic E-state index is 11.8. The minimum absolute atomic E-state index is 0.0483. The smallest absolute Gasteiger partial charge is 0.325 e. The molecule has 0 atom stereocenters. The summed E-state index contributed by atoms with van der Waals surface area (Å²) < 4.78 is 10.5. The molecule has 6 nitrogen and oxygen atoms in total. The first-order valence-electron chi connectivity index (χ1n) is 6.92. The highest BCUT2D eigenvalue weighted by Crippen LogP contribution is 2.17. The van der Waals surface area contributed by atoms with E-state index in [4.69, 9.17) is 14.6 Å². The summed E-state index contributed by atoms with van der Waals surface area (Å²) in [5, 5.41) is 8.79. The van der Waals surface area contributed by atoms with E-state index in [0.717, 1.165) is 6.42 Å². The second-order valence-electron chi connectivity index (χ2n) is 4.48. The largest absolute Gasteiger partial charge is 0.494 e. The fourth-order valence-electron chi connectivity index (χ4n) is 1.84. The normalized spacial score (nSPS) is 10.4. The van der Waals surface area contributed by atoms with E-state index in [1.807, 2.05) is 13.8 Å². The number of aliphatic carboxylic acids is 1. The van der Waals surface area contributed by atoms with Crippen molar-refractivity contribution in [1.29, 1.82) is 0 Å². The molecule has 0 unspecified atom stereocenters. The van der Waals surface area contributed by atoms with Crippen molar-refractivity contribution in [2.45, 2.75) is 20.3 Å². The molecule has 0 aliphatic heterocycles. The zero-order valence-corrected chi connectivity index (χ0v) is 12.4. The van der Waals surface area contributed by atoms with Crippen molar-refractivity contribution in [3.05, 3.63) is 24.3 Å². The van der Waals surface area contributed by atoms with Crippen LogP contribution in [0.1, 0.15) is 20.3 Å². The van der Waals surface area contributed by atoms with Crippen molar-refractivity contribution in [3.63, 3.8) is 0 Å². The molecule has 1 N–H and O–H groups in total. The fourth-order valence-corrected chi connectivity index (χ4v) is 1.84. The molecule has 0 fully saturated rings. The third kappa shape index (κ3) is 6.76. The van der Waals surface area contributed by atoms with Gasteiger partial charge in [0.05, 0.1) is 19.7 Å². The monoisotopic (exact) mass is 295 g/mol. The summed E-state index contributed by atoms with van der Waals surface area (Å²) in [6.45, 7) is 4.69. The molecule has 0 spiro atoms. The Morgan fingerprint density at radius 2 is 1.71 bits per heavy atom. The van der Waals surface area contributed by atoms with E-state index in [1.165, 1.54) is 0 Å². The number of hydrogen-bond donors (Lipinski definition) is 1. The molecule has 1 aromatic rings. The van der Waals surface area contributed by atoms with Crippen molar-refractivity contribution >= 4 is 11.9 Å². The second kappa shape index (κ2) is 8.97. The molecule has 0 bridgehead atoms. The van der Waals surface area contributed by atoms with Crippen LogP contribution in [0.3, 0.4) is 0 Å². The first kappa shape index (κ1) is 17.0. The van der Waals surface area contributed by atoms with Crippen LogP contribution in [-0.4, -0.2) is 48.2 Å². The molecule has 0 aliphatic rings. The highest BCUT2D eigenvalue weighted by molar-refractivity contribution is 5.76. The topological polar surface area (TPSA) is 76.1 Å². The number of carbonyl (C=O) groups excluding carboxylic acids is 1. The van der Waals surface area contributed by atoms with Gasteiger partial charge in [0.25, 0.3) is 0 Å². The molecule has 1 rings (SSSR count). The molecule has 0 aliphatic carbocycles. The highest BCUT2D eigenvalue weighted by Gasteiger charge is 2.14. The van der Waals surface area contributed by atoms with Crippen LogP contribution in [-0.2, 0) is 9.59 Å². The number of benzene rings is 1. The van der Waals surface area contributed by atoms with Gasteiger partial charge >= 0.3 is 11.9 Å². The average molecular weight is 295 g/mol. The van der Waals surface area contributed by atoms with Gasteiger partial charge in [0, 0.05) is 0 Å². The van der Waals surface area contributed by atoms with Crippen molar-refractivity contribution in [1.82, 2.24) is 4.90 Å². The van der Waals surface area contributed by atoms with Crippen LogP contribution in [0.5, 0.6) is 11.5 Å². The SMILES string of the molecule is CCCN(CC(=O)O)CC(=O)Oc1ccc(OCC)cc1. The standard InChI is InChI=1S/C15H21NO5/c1-3-9-16(10-14(17)18)11-15(19)21-13-7-5-12(6-8-13)20-4-2/h5-8H,3-4,9-11H2,1-2H3,(H,17,18).